The van der Waals surface area contributed by atoms with Crippen molar-refractivity contribution in [3.63, 3.8) is 0 Å². The smallest absolute Gasteiger partial charge is 0.242 e. The third-order valence-electron chi connectivity index (χ3n) is 5.60. The van der Waals surface area contributed by atoms with E-state index < -0.39 is 10.0 Å². The van der Waals surface area contributed by atoms with Crippen LogP contribution in [0.2, 0.25) is 0 Å². The molecule has 0 atom stereocenters. The van der Waals surface area contributed by atoms with E-state index in [1.54, 1.807) is 30.0 Å². The Kier molecular flexibility index (Phi) is 4.91. The maximum Gasteiger partial charge on any atom is 0.242 e. The first-order valence-corrected chi connectivity index (χ1v) is 11.8. The highest BCUT2D eigenvalue weighted by atomic mass is 32.2. The number of hydrogen-bond donors (Lipinski definition) is 1. The van der Waals surface area contributed by atoms with Crippen molar-refractivity contribution in [1.29, 1.82) is 0 Å². The van der Waals surface area contributed by atoms with Gasteiger partial charge in [0.05, 0.1) is 10.3 Å². The first kappa shape index (κ1) is 21.1. The topological polar surface area (TPSA) is 97.4 Å². The molecule has 2 aromatic carbocycles. The first-order valence-electron chi connectivity index (χ1n) is 10.3. The van der Waals surface area contributed by atoms with Gasteiger partial charge in [0.2, 0.25) is 16.0 Å². The lowest BCUT2D eigenvalue weighted by Gasteiger charge is -2.11. The molecule has 0 spiro atoms. The zero-order chi connectivity index (χ0) is 23.3. The molecule has 5 rings (SSSR count). The Bertz CT molecular complexity index is 1580. The zero-order valence-corrected chi connectivity index (χ0v) is 19.5. The van der Waals surface area contributed by atoms with E-state index in [0.717, 1.165) is 27.8 Å². The summed E-state index contributed by atoms with van der Waals surface area (Å²) in [5, 5.41) is 8.21. The first-order chi connectivity index (χ1) is 15.8. The van der Waals surface area contributed by atoms with E-state index in [2.05, 4.69) is 32.5 Å². The fourth-order valence-corrected chi connectivity index (χ4v) is 4.67. The second-order valence-electron chi connectivity index (χ2n) is 7.96. The Morgan fingerprint density at radius 3 is 2.30 bits per heavy atom. The van der Waals surface area contributed by atoms with E-state index >= 15 is 0 Å². The summed E-state index contributed by atoms with van der Waals surface area (Å²) in [7, 11) is 1.29. The van der Waals surface area contributed by atoms with Crippen LogP contribution in [0.5, 0.6) is 0 Å². The SMILES string of the molecule is CNc1nc2c3c(-c4ccc(S(=O)(=O)N(C)C)cc4)cn(-c4ccc(C)cc4)c3ncn2n1. The van der Waals surface area contributed by atoms with E-state index in [9.17, 15) is 8.42 Å². The maximum atomic E-state index is 12.5. The van der Waals surface area contributed by atoms with Crippen LogP contribution in [0.3, 0.4) is 0 Å². The largest absolute Gasteiger partial charge is 0.356 e. The van der Waals surface area contributed by atoms with Gasteiger partial charge in [-0.25, -0.2) is 17.7 Å². The Morgan fingerprint density at radius 2 is 1.67 bits per heavy atom. The Labute approximate surface area is 191 Å². The van der Waals surface area contributed by atoms with Crippen molar-refractivity contribution < 1.29 is 8.42 Å². The van der Waals surface area contributed by atoms with Crippen molar-refractivity contribution >= 4 is 32.7 Å². The lowest BCUT2D eigenvalue weighted by Crippen LogP contribution is -2.22. The number of aryl methyl sites for hydroxylation is 1. The number of benzene rings is 2. The summed E-state index contributed by atoms with van der Waals surface area (Å²) in [6.45, 7) is 2.05. The molecule has 0 aliphatic rings. The average Bonchev–Trinajstić information content (AvgIpc) is 3.41. The number of sulfonamides is 1. The van der Waals surface area contributed by atoms with Crippen LogP contribution in [0.25, 0.3) is 33.5 Å². The van der Waals surface area contributed by atoms with E-state index in [4.69, 9.17) is 0 Å². The van der Waals surface area contributed by atoms with Gasteiger partial charge in [0.1, 0.15) is 6.33 Å². The standard InChI is InChI=1S/C23H23N7O2S/c1-15-5-9-17(10-6-15)29-13-19(16-7-11-18(12-8-16)33(31,32)28(3)4)20-21(29)25-14-30-22(20)26-23(24-2)27-30/h5-14H,1-4H3,(H,24,27). The van der Waals surface area contributed by atoms with Gasteiger partial charge in [0.15, 0.2) is 11.3 Å². The van der Waals surface area contributed by atoms with Crippen LogP contribution in [0.1, 0.15) is 5.56 Å². The number of nitrogens with one attached hydrogen (secondary N) is 1. The zero-order valence-electron chi connectivity index (χ0n) is 18.7. The Hall–Kier alpha value is -3.76. The molecule has 0 unspecified atom stereocenters. The van der Waals surface area contributed by atoms with Crippen LogP contribution < -0.4 is 5.32 Å². The molecule has 10 heteroatoms. The molecule has 0 amide bonds. The van der Waals surface area contributed by atoms with Crippen molar-refractivity contribution in [2.75, 3.05) is 26.5 Å². The fraction of sp³-hybridized carbons (Fsp3) is 0.174. The molecule has 9 nitrogen and oxygen atoms in total. The van der Waals surface area contributed by atoms with Crippen molar-refractivity contribution in [2.45, 2.75) is 11.8 Å². The summed E-state index contributed by atoms with van der Waals surface area (Å²) in [6.07, 6.45) is 3.65. The summed E-state index contributed by atoms with van der Waals surface area (Å²) < 4.78 is 29.9. The summed E-state index contributed by atoms with van der Waals surface area (Å²) in [5.74, 6) is 0.491. The highest BCUT2D eigenvalue weighted by molar-refractivity contribution is 7.89. The number of hydrogen-bond acceptors (Lipinski definition) is 6. The van der Waals surface area contributed by atoms with Gasteiger partial charge in [-0.15, -0.1) is 5.10 Å². The summed E-state index contributed by atoms with van der Waals surface area (Å²) in [5.41, 5.74) is 5.27. The lowest BCUT2D eigenvalue weighted by atomic mass is 10.1. The van der Waals surface area contributed by atoms with Gasteiger partial charge < -0.3 is 9.88 Å². The third kappa shape index (κ3) is 3.43. The number of fused-ring (bicyclic) bond motifs is 3. The minimum absolute atomic E-state index is 0.238. The van der Waals surface area contributed by atoms with Crippen molar-refractivity contribution in [1.82, 2.24) is 28.5 Å². The molecule has 1 N–H and O–H groups in total. The van der Waals surface area contributed by atoms with Crippen molar-refractivity contribution in [3.05, 3.63) is 66.6 Å². The highest BCUT2D eigenvalue weighted by Crippen LogP contribution is 2.34. The number of rotatable bonds is 5. The molecule has 0 bridgehead atoms. The van der Waals surface area contributed by atoms with E-state index in [1.165, 1.54) is 24.0 Å². The number of anilines is 1. The molecular weight excluding hydrogens is 438 g/mol. The summed E-state index contributed by atoms with van der Waals surface area (Å²) in [4.78, 5) is 9.54. The lowest BCUT2D eigenvalue weighted by molar-refractivity contribution is 0.521. The number of nitrogens with zero attached hydrogens (tertiary/aromatic N) is 6. The Morgan fingerprint density at radius 1 is 0.970 bits per heavy atom. The van der Waals surface area contributed by atoms with Gasteiger partial charge in [-0.05, 0) is 36.8 Å². The van der Waals surface area contributed by atoms with Crippen molar-refractivity contribution in [3.8, 4) is 16.8 Å². The Balaban J connectivity index is 1.77. The molecule has 168 valence electrons. The van der Waals surface area contributed by atoms with E-state index in [1.807, 2.05) is 42.0 Å². The van der Waals surface area contributed by atoms with E-state index in [-0.39, 0.29) is 4.90 Å². The van der Waals surface area contributed by atoms with Gasteiger partial charge in [0, 0.05) is 38.6 Å². The molecule has 0 aliphatic heterocycles. The normalized spacial score (nSPS) is 12.2. The van der Waals surface area contributed by atoms with Crippen LogP contribution >= 0.6 is 0 Å². The quantitative estimate of drug-likeness (QED) is 0.431. The van der Waals surface area contributed by atoms with Gasteiger partial charge in [0.25, 0.3) is 0 Å². The second kappa shape index (κ2) is 7.68. The second-order valence-corrected chi connectivity index (χ2v) is 10.1. The highest BCUT2D eigenvalue weighted by Gasteiger charge is 2.20. The number of aromatic nitrogens is 5. The molecule has 3 heterocycles. The molecule has 0 saturated heterocycles. The van der Waals surface area contributed by atoms with Gasteiger partial charge in [-0.3, -0.25) is 0 Å². The summed E-state index contributed by atoms with van der Waals surface area (Å²) in [6, 6.07) is 15.0. The molecule has 0 radical (unpaired) electrons. The van der Waals surface area contributed by atoms with Gasteiger partial charge in [-0.2, -0.15) is 9.50 Å². The van der Waals surface area contributed by atoms with Crippen LogP contribution in [0.4, 0.5) is 5.95 Å². The van der Waals surface area contributed by atoms with Crippen LogP contribution in [-0.2, 0) is 10.0 Å². The molecule has 0 aliphatic carbocycles. The minimum Gasteiger partial charge on any atom is -0.356 e. The fourth-order valence-electron chi connectivity index (χ4n) is 3.77. The van der Waals surface area contributed by atoms with Crippen LogP contribution in [0, 0.1) is 6.92 Å². The molecule has 33 heavy (non-hydrogen) atoms. The molecular formula is C23H23N7O2S. The molecule has 0 fully saturated rings. The van der Waals surface area contributed by atoms with Crippen LogP contribution in [-0.4, -0.2) is 58.0 Å². The van der Waals surface area contributed by atoms with Crippen LogP contribution in [0.15, 0.2) is 66.0 Å². The predicted octanol–water partition coefficient (Wildman–Crippen LogP) is 3.34. The molecule has 5 aromatic rings. The monoisotopic (exact) mass is 461 g/mol. The third-order valence-corrected chi connectivity index (χ3v) is 7.43. The van der Waals surface area contributed by atoms with Crippen molar-refractivity contribution in [2.24, 2.45) is 0 Å². The maximum absolute atomic E-state index is 12.5. The van der Waals surface area contributed by atoms with Gasteiger partial charge >= 0.3 is 0 Å². The minimum atomic E-state index is -3.51. The average molecular weight is 462 g/mol. The summed E-state index contributed by atoms with van der Waals surface area (Å²) >= 11 is 0. The predicted molar refractivity (Wildman–Crippen MR) is 128 cm³/mol. The molecule has 0 saturated carbocycles. The van der Waals surface area contributed by atoms with Gasteiger partial charge in [-0.1, -0.05) is 29.8 Å². The van der Waals surface area contributed by atoms with E-state index in [0.29, 0.717) is 11.6 Å². The molecule has 3 aromatic heterocycles.